The number of rotatable bonds is 4. The van der Waals surface area contributed by atoms with Crippen molar-refractivity contribution in [2.45, 2.75) is 45.9 Å². The van der Waals surface area contributed by atoms with E-state index in [2.05, 4.69) is 5.10 Å². The number of aryl methyl sites for hydroxylation is 2. The largest absolute Gasteiger partial charge is 0.466 e. The minimum atomic E-state index is -0.0241. The minimum absolute atomic E-state index is 0.000906. The first-order chi connectivity index (χ1) is 11.6. The Morgan fingerprint density at radius 1 is 1.38 bits per heavy atom. The van der Waals surface area contributed by atoms with E-state index < -0.39 is 0 Å². The van der Waals surface area contributed by atoms with Crippen molar-refractivity contribution in [1.82, 2.24) is 14.7 Å². The van der Waals surface area contributed by atoms with Crippen molar-refractivity contribution in [1.29, 1.82) is 0 Å². The van der Waals surface area contributed by atoms with Crippen LogP contribution in [-0.2, 0) is 17.8 Å². The van der Waals surface area contributed by atoms with Crippen molar-refractivity contribution >= 4 is 5.91 Å². The second kappa shape index (κ2) is 6.09. The van der Waals surface area contributed by atoms with Crippen LogP contribution in [0.3, 0.4) is 0 Å². The highest BCUT2D eigenvalue weighted by molar-refractivity contribution is 5.95. The molecule has 1 atom stereocenters. The Kier molecular flexibility index (Phi) is 3.92. The van der Waals surface area contributed by atoms with Crippen molar-refractivity contribution in [2.75, 3.05) is 13.2 Å². The zero-order valence-corrected chi connectivity index (χ0v) is 14.2. The molecule has 0 spiro atoms. The summed E-state index contributed by atoms with van der Waals surface area (Å²) in [6.07, 6.45) is 4.28. The number of hydrogen-bond acceptors (Lipinski definition) is 4. The van der Waals surface area contributed by atoms with Gasteiger partial charge in [-0.15, -0.1) is 0 Å². The van der Waals surface area contributed by atoms with Crippen LogP contribution in [0.2, 0.25) is 0 Å². The Balaban J connectivity index is 1.56. The maximum absolute atomic E-state index is 13.0. The summed E-state index contributed by atoms with van der Waals surface area (Å²) < 4.78 is 13.6. The number of aromatic nitrogens is 2. The van der Waals surface area contributed by atoms with Crippen LogP contribution in [0.4, 0.5) is 0 Å². The first-order valence-corrected chi connectivity index (χ1v) is 8.58. The van der Waals surface area contributed by atoms with Crippen molar-refractivity contribution in [3.63, 3.8) is 0 Å². The van der Waals surface area contributed by atoms with E-state index in [1.165, 1.54) is 12.8 Å². The molecular weight excluding hydrogens is 306 g/mol. The average molecular weight is 329 g/mol. The summed E-state index contributed by atoms with van der Waals surface area (Å²) in [4.78, 5) is 14.9. The summed E-state index contributed by atoms with van der Waals surface area (Å²) in [5.74, 6) is 2.13. The number of hydrogen-bond donors (Lipinski definition) is 0. The molecule has 6 nitrogen and oxygen atoms in total. The van der Waals surface area contributed by atoms with Crippen molar-refractivity contribution in [2.24, 2.45) is 5.92 Å². The highest BCUT2D eigenvalue weighted by Gasteiger charge is 2.30. The van der Waals surface area contributed by atoms with Gasteiger partial charge in [0.15, 0.2) is 0 Å². The Labute approximate surface area is 141 Å². The Morgan fingerprint density at radius 3 is 2.92 bits per heavy atom. The van der Waals surface area contributed by atoms with Gasteiger partial charge in [-0.05, 0) is 44.7 Å². The summed E-state index contributed by atoms with van der Waals surface area (Å²) in [7, 11) is 0. The molecule has 2 aromatic rings. The van der Waals surface area contributed by atoms with Crippen LogP contribution in [0.5, 0.6) is 0 Å². The van der Waals surface area contributed by atoms with E-state index >= 15 is 0 Å². The predicted octanol–water partition coefficient (Wildman–Crippen LogP) is 2.54. The van der Waals surface area contributed by atoms with E-state index in [-0.39, 0.29) is 12.0 Å². The molecule has 1 amide bonds. The molecule has 3 heterocycles. The molecule has 1 fully saturated rings. The van der Waals surface area contributed by atoms with E-state index in [0.29, 0.717) is 36.9 Å². The number of nitrogens with zero attached hydrogens (tertiary/aromatic N) is 3. The molecule has 1 aliphatic heterocycles. The molecule has 128 valence electrons. The summed E-state index contributed by atoms with van der Waals surface area (Å²) in [5, 5.41) is 4.38. The maximum atomic E-state index is 13.0. The van der Waals surface area contributed by atoms with E-state index in [1.54, 1.807) is 6.20 Å². The van der Waals surface area contributed by atoms with Gasteiger partial charge in [0.05, 0.1) is 30.5 Å². The second-order valence-corrected chi connectivity index (χ2v) is 6.92. The number of amides is 1. The SMILES string of the molecule is Cc1cc(C(=O)N2Cc3ccnn3C[C@H](OCC3CC3)C2)c(C)o1. The lowest BCUT2D eigenvalue weighted by Crippen LogP contribution is -2.37. The van der Waals surface area contributed by atoms with Crippen LogP contribution in [-0.4, -0.2) is 39.8 Å². The van der Waals surface area contributed by atoms with Gasteiger partial charge in [-0.2, -0.15) is 5.10 Å². The van der Waals surface area contributed by atoms with Crippen LogP contribution in [0.25, 0.3) is 0 Å². The number of ether oxygens (including phenoxy) is 1. The first-order valence-electron chi connectivity index (χ1n) is 8.58. The zero-order chi connectivity index (χ0) is 16.7. The van der Waals surface area contributed by atoms with Gasteiger partial charge in [-0.25, -0.2) is 0 Å². The van der Waals surface area contributed by atoms with Crippen LogP contribution in [0.15, 0.2) is 22.7 Å². The van der Waals surface area contributed by atoms with Gasteiger partial charge in [-0.3, -0.25) is 9.48 Å². The fraction of sp³-hybridized carbons (Fsp3) is 0.556. The van der Waals surface area contributed by atoms with Crippen molar-refractivity contribution in [3.05, 3.63) is 41.1 Å². The fourth-order valence-electron chi connectivity index (χ4n) is 3.25. The first kappa shape index (κ1) is 15.4. The molecule has 0 radical (unpaired) electrons. The average Bonchev–Trinajstić information content (AvgIpc) is 3.23. The van der Waals surface area contributed by atoms with E-state index in [9.17, 15) is 4.79 Å². The maximum Gasteiger partial charge on any atom is 0.257 e. The minimum Gasteiger partial charge on any atom is -0.466 e. The summed E-state index contributed by atoms with van der Waals surface area (Å²) >= 11 is 0. The molecular formula is C18H23N3O3. The third kappa shape index (κ3) is 3.11. The summed E-state index contributed by atoms with van der Waals surface area (Å²) in [6.45, 7) is 6.31. The molecule has 0 N–H and O–H groups in total. The van der Waals surface area contributed by atoms with Crippen molar-refractivity contribution in [3.8, 4) is 0 Å². The van der Waals surface area contributed by atoms with Gasteiger partial charge < -0.3 is 14.1 Å². The van der Waals surface area contributed by atoms with Gasteiger partial charge in [0.2, 0.25) is 0 Å². The normalized spacial score (nSPS) is 20.8. The molecule has 4 rings (SSSR count). The Hall–Kier alpha value is -2.08. The topological polar surface area (TPSA) is 60.5 Å². The lowest BCUT2D eigenvalue weighted by atomic mass is 10.2. The quantitative estimate of drug-likeness (QED) is 0.865. The van der Waals surface area contributed by atoms with Gasteiger partial charge >= 0.3 is 0 Å². The summed E-state index contributed by atoms with van der Waals surface area (Å²) in [5.41, 5.74) is 1.68. The number of furan rings is 1. The Morgan fingerprint density at radius 2 is 2.21 bits per heavy atom. The zero-order valence-electron chi connectivity index (χ0n) is 14.2. The smallest absolute Gasteiger partial charge is 0.257 e. The molecule has 0 saturated heterocycles. The summed E-state index contributed by atoms with van der Waals surface area (Å²) in [6, 6.07) is 3.79. The third-order valence-corrected chi connectivity index (χ3v) is 4.78. The lowest BCUT2D eigenvalue weighted by Gasteiger charge is -2.24. The van der Waals surface area contributed by atoms with Gasteiger partial charge in [0.25, 0.3) is 5.91 Å². The second-order valence-electron chi connectivity index (χ2n) is 6.92. The third-order valence-electron chi connectivity index (χ3n) is 4.78. The monoisotopic (exact) mass is 329 g/mol. The fourth-order valence-corrected chi connectivity index (χ4v) is 3.25. The highest BCUT2D eigenvalue weighted by atomic mass is 16.5. The van der Waals surface area contributed by atoms with E-state index in [0.717, 1.165) is 18.1 Å². The van der Waals surface area contributed by atoms with Crippen LogP contribution in [0.1, 0.15) is 40.4 Å². The molecule has 0 unspecified atom stereocenters. The van der Waals surface area contributed by atoms with E-state index in [4.69, 9.17) is 9.15 Å². The van der Waals surface area contributed by atoms with Crippen LogP contribution < -0.4 is 0 Å². The molecule has 1 aliphatic carbocycles. The molecule has 2 aromatic heterocycles. The van der Waals surface area contributed by atoms with Crippen LogP contribution >= 0.6 is 0 Å². The van der Waals surface area contributed by atoms with Gasteiger partial charge in [0.1, 0.15) is 11.5 Å². The van der Waals surface area contributed by atoms with Gasteiger partial charge in [0, 0.05) is 19.3 Å². The molecule has 0 bridgehead atoms. The number of fused-ring (bicyclic) bond motifs is 1. The highest BCUT2D eigenvalue weighted by Crippen LogP contribution is 2.30. The molecule has 6 heteroatoms. The van der Waals surface area contributed by atoms with Crippen molar-refractivity contribution < 1.29 is 13.9 Å². The molecule has 2 aliphatic rings. The predicted molar refractivity (Wildman–Crippen MR) is 87.6 cm³/mol. The molecule has 0 aromatic carbocycles. The van der Waals surface area contributed by atoms with E-state index in [1.807, 2.05) is 35.6 Å². The lowest BCUT2D eigenvalue weighted by molar-refractivity contribution is 0.0136. The standard InChI is InChI=1S/C18H23N3O3/c1-12-7-17(13(2)24-12)18(22)20-8-15-5-6-19-21(15)10-16(9-20)23-11-14-3-4-14/h5-7,14,16H,3-4,8-11H2,1-2H3/t16-/m1/s1. The van der Waals surface area contributed by atoms with Gasteiger partial charge in [-0.1, -0.05) is 0 Å². The Bertz CT molecular complexity index is 745. The van der Waals surface area contributed by atoms with Crippen LogP contribution in [0, 0.1) is 19.8 Å². The number of carbonyl (C=O) groups excluding carboxylic acids is 1. The molecule has 1 saturated carbocycles. The molecule has 24 heavy (non-hydrogen) atoms. The number of carbonyl (C=O) groups is 1.